The predicted octanol–water partition coefficient (Wildman–Crippen LogP) is 0.592. The Morgan fingerprint density at radius 2 is 2.26 bits per heavy atom. The van der Waals surface area contributed by atoms with Crippen molar-refractivity contribution in [2.75, 3.05) is 18.2 Å². The van der Waals surface area contributed by atoms with E-state index in [1.165, 1.54) is 6.07 Å². The number of guanidine groups is 1. The van der Waals surface area contributed by atoms with E-state index in [9.17, 15) is 9.60 Å². The normalized spacial score (nSPS) is 11.0. The number of aliphatic imine (C=N–C) groups is 1. The lowest BCUT2D eigenvalue weighted by atomic mass is 10.2. The molecule has 0 aliphatic rings. The second-order valence-corrected chi connectivity index (χ2v) is 5.28. The predicted molar refractivity (Wildman–Crippen MR) is 91.8 cm³/mol. The van der Waals surface area contributed by atoms with Crippen molar-refractivity contribution in [2.45, 2.75) is 6.54 Å². The zero-order valence-corrected chi connectivity index (χ0v) is 14.4. The summed E-state index contributed by atoms with van der Waals surface area (Å²) in [5.74, 6) is -1.12. The van der Waals surface area contributed by atoms with Gasteiger partial charge in [0.25, 0.3) is 0 Å². The van der Waals surface area contributed by atoms with Gasteiger partial charge in [0.1, 0.15) is 11.5 Å². The van der Waals surface area contributed by atoms with Crippen molar-refractivity contribution in [3.8, 4) is 6.19 Å². The first kappa shape index (κ1) is 20.0. The summed E-state index contributed by atoms with van der Waals surface area (Å²) in [6.45, 7) is -0.169. The maximum atomic E-state index is 13.2. The number of aliphatic hydroxyl groups excluding tert-OH is 1. The Bertz CT molecular complexity index is 881. The van der Waals surface area contributed by atoms with Crippen molar-refractivity contribution in [3.63, 3.8) is 0 Å². The fourth-order valence-corrected chi connectivity index (χ4v) is 2.03. The van der Waals surface area contributed by atoms with Crippen LogP contribution in [0.15, 0.2) is 27.8 Å². The lowest BCUT2D eigenvalue weighted by Crippen LogP contribution is -2.36. The van der Waals surface area contributed by atoms with Crippen LogP contribution in [0.1, 0.15) is 11.4 Å². The van der Waals surface area contributed by atoms with Gasteiger partial charge in [-0.05, 0) is 23.4 Å². The molecule has 27 heavy (non-hydrogen) atoms. The quantitative estimate of drug-likeness (QED) is 0.154. The second-order valence-electron chi connectivity index (χ2n) is 4.87. The molecule has 0 saturated carbocycles. The summed E-state index contributed by atoms with van der Waals surface area (Å²) >= 11 is 5.67. The largest absolute Gasteiger partial charge is 0.395 e. The van der Waals surface area contributed by atoms with Gasteiger partial charge < -0.3 is 10.4 Å². The Hall–Kier alpha value is -3.27. The third-order valence-corrected chi connectivity index (χ3v) is 3.40. The van der Waals surface area contributed by atoms with Gasteiger partial charge in [-0.25, -0.2) is 19.1 Å². The maximum absolute atomic E-state index is 13.2. The van der Waals surface area contributed by atoms with E-state index in [4.69, 9.17) is 27.4 Å². The zero-order valence-electron chi connectivity index (χ0n) is 13.6. The Morgan fingerprint density at radius 3 is 2.93 bits per heavy atom. The Balaban J connectivity index is 2.18. The molecule has 0 aliphatic heterocycles. The minimum atomic E-state index is -0.675. The molecule has 0 atom stereocenters. The van der Waals surface area contributed by atoms with Crippen LogP contribution in [0.3, 0.4) is 0 Å². The van der Waals surface area contributed by atoms with Crippen molar-refractivity contribution in [3.05, 3.63) is 40.4 Å². The summed E-state index contributed by atoms with van der Waals surface area (Å²) in [7, 11) is 0. The lowest BCUT2D eigenvalue weighted by molar-refractivity contribution is 0.298. The van der Waals surface area contributed by atoms with Gasteiger partial charge in [-0.1, -0.05) is 16.8 Å². The molecule has 1 heterocycles. The van der Waals surface area contributed by atoms with E-state index in [1.54, 1.807) is 6.19 Å². The van der Waals surface area contributed by atoms with Crippen LogP contribution in [0.2, 0.25) is 5.02 Å². The van der Waals surface area contributed by atoms with Gasteiger partial charge in [0, 0.05) is 6.54 Å². The van der Waals surface area contributed by atoms with Crippen molar-refractivity contribution < 1.29 is 19.3 Å². The van der Waals surface area contributed by atoms with Crippen LogP contribution in [0.4, 0.5) is 10.1 Å². The van der Waals surface area contributed by atoms with Gasteiger partial charge in [0.05, 0.1) is 23.9 Å². The summed E-state index contributed by atoms with van der Waals surface area (Å²) in [6, 6.07) is 3.38. The van der Waals surface area contributed by atoms with E-state index in [-0.39, 0.29) is 47.8 Å². The first-order chi connectivity index (χ1) is 13.0. The number of aromatic nitrogens is 2. The van der Waals surface area contributed by atoms with Crippen LogP contribution >= 0.6 is 11.6 Å². The van der Waals surface area contributed by atoms with Gasteiger partial charge in [-0.15, -0.1) is 0 Å². The van der Waals surface area contributed by atoms with Gasteiger partial charge >= 0.3 is 0 Å². The SMILES string of the molecule is N#CNC(=NCc1nonc1C(=N)N(O)c1ccc(F)c(Cl)c1)NCCO. The summed E-state index contributed by atoms with van der Waals surface area (Å²) in [5.41, 5.74) is -0.00393. The number of nitrogens with zero attached hydrogens (tertiary/aromatic N) is 5. The zero-order chi connectivity index (χ0) is 19.8. The summed E-state index contributed by atoms with van der Waals surface area (Å²) < 4.78 is 17.8. The number of hydrogen-bond acceptors (Lipinski definition) is 8. The highest BCUT2D eigenvalue weighted by molar-refractivity contribution is 6.31. The summed E-state index contributed by atoms with van der Waals surface area (Å²) in [5, 5.41) is 48.0. The number of nitrogens with one attached hydrogen (secondary N) is 3. The first-order valence-corrected chi connectivity index (χ1v) is 7.74. The number of benzene rings is 1. The van der Waals surface area contributed by atoms with E-state index in [0.717, 1.165) is 12.1 Å². The second kappa shape index (κ2) is 9.43. The molecule has 0 amide bonds. The minimum absolute atomic E-state index is 0.0281. The standard InChI is InChI=1S/C14H14ClFN8O3/c15-9-5-8(1-2-10(9)16)24(26)13(18)12-11(22-27-23-12)6-20-14(21-7-17)19-3-4-25/h1-2,5,18,25-26H,3-4,6H2,(H2,19,20,21). The molecule has 0 aliphatic carbocycles. The van der Waals surface area contributed by atoms with Crippen molar-refractivity contribution in [2.24, 2.45) is 4.99 Å². The number of aliphatic hydroxyl groups is 1. The number of nitriles is 1. The van der Waals surface area contributed by atoms with Gasteiger partial charge in [0.15, 0.2) is 17.7 Å². The van der Waals surface area contributed by atoms with Gasteiger partial charge in [0.2, 0.25) is 5.96 Å². The number of hydrogen-bond donors (Lipinski definition) is 5. The Kier molecular flexibility index (Phi) is 7.00. The monoisotopic (exact) mass is 396 g/mol. The average Bonchev–Trinajstić information content (AvgIpc) is 3.13. The van der Waals surface area contributed by atoms with Crippen LogP contribution in [0.25, 0.3) is 0 Å². The van der Waals surface area contributed by atoms with E-state index in [1.807, 2.05) is 0 Å². The van der Waals surface area contributed by atoms with Crippen LogP contribution < -0.4 is 15.7 Å². The molecule has 0 fully saturated rings. The molecule has 0 spiro atoms. The molecule has 1 aromatic carbocycles. The van der Waals surface area contributed by atoms with E-state index < -0.39 is 11.7 Å². The van der Waals surface area contributed by atoms with E-state index >= 15 is 0 Å². The molecule has 2 rings (SSSR count). The van der Waals surface area contributed by atoms with Gasteiger partial charge in [-0.2, -0.15) is 5.26 Å². The average molecular weight is 397 g/mol. The smallest absolute Gasteiger partial charge is 0.205 e. The molecular weight excluding hydrogens is 383 g/mol. The van der Waals surface area contributed by atoms with Gasteiger partial charge in [-0.3, -0.25) is 15.9 Å². The molecule has 13 heteroatoms. The van der Waals surface area contributed by atoms with Crippen molar-refractivity contribution in [1.82, 2.24) is 20.9 Å². The van der Waals surface area contributed by atoms with Crippen molar-refractivity contribution in [1.29, 1.82) is 10.7 Å². The highest BCUT2D eigenvalue weighted by Crippen LogP contribution is 2.23. The highest BCUT2D eigenvalue weighted by atomic mass is 35.5. The topological polar surface area (TPSA) is 167 Å². The molecule has 2 aromatic rings. The van der Waals surface area contributed by atoms with Crippen LogP contribution in [-0.2, 0) is 6.54 Å². The van der Waals surface area contributed by atoms with Crippen LogP contribution in [0.5, 0.6) is 0 Å². The molecule has 142 valence electrons. The lowest BCUT2D eigenvalue weighted by Gasteiger charge is -2.16. The summed E-state index contributed by atoms with van der Waals surface area (Å²) in [4.78, 5) is 4.03. The Morgan fingerprint density at radius 1 is 1.48 bits per heavy atom. The Labute approximate surface area is 157 Å². The first-order valence-electron chi connectivity index (χ1n) is 7.36. The molecule has 5 N–H and O–H groups in total. The molecule has 0 saturated heterocycles. The van der Waals surface area contributed by atoms with E-state index in [2.05, 4.69) is 30.6 Å². The molecule has 1 aromatic heterocycles. The molecule has 11 nitrogen and oxygen atoms in total. The maximum Gasteiger partial charge on any atom is 0.205 e. The fourth-order valence-electron chi connectivity index (χ4n) is 1.86. The molecule has 0 unspecified atom stereocenters. The fraction of sp³-hybridized carbons (Fsp3) is 0.214. The van der Waals surface area contributed by atoms with Crippen LogP contribution in [-0.4, -0.2) is 45.6 Å². The number of rotatable bonds is 6. The third-order valence-electron chi connectivity index (χ3n) is 3.11. The molecule has 0 bridgehead atoms. The third kappa shape index (κ3) is 5.11. The van der Waals surface area contributed by atoms with Crippen LogP contribution in [0, 0.1) is 22.7 Å². The minimum Gasteiger partial charge on any atom is -0.395 e. The van der Waals surface area contributed by atoms with Crippen molar-refractivity contribution >= 4 is 29.1 Å². The number of anilines is 1. The summed E-state index contributed by atoms with van der Waals surface area (Å²) in [6.07, 6.45) is 1.68. The molecule has 0 radical (unpaired) electrons. The molecular formula is C14H14ClFN8O3. The number of amidine groups is 1. The number of halogens is 2. The number of hydroxylamine groups is 1. The van der Waals surface area contributed by atoms with E-state index in [0.29, 0.717) is 5.06 Å². The highest BCUT2D eigenvalue weighted by Gasteiger charge is 2.21.